The second kappa shape index (κ2) is 7.96. The Hall–Kier alpha value is -3.24. The molecule has 1 aliphatic heterocycles. The second-order valence-electron chi connectivity index (χ2n) is 8.58. The first-order valence-electron chi connectivity index (χ1n) is 10.9. The van der Waals surface area contributed by atoms with Crippen LogP contribution in [0.3, 0.4) is 0 Å². The molecule has 3 aromatic carbocycles. The van der Waals surface area contributed by atoms with Crippen LogP contribution in [0.5, 0.6) is 5.75 Å². The SMILES string of the molecule is CCC1c2nc3ccc(-c4ccc(P(C)C)c(F)c4)cc3n2-c2c(O)cccc2C(=O)N1C. The topological polar surface area (TPSA) is 58.4 Å². The molecule has 1 N–H and O–H groups in total. The molecule has 1 amide bonds. The van der Waals surface area contributed by atoms with Gasteiger partial charge in [0.2, 0.25) is 0 Å². The lowest BCUT2D eigenvalue weighted by molar-refractivity contribution is 0.0726. The molecule has 5 nitrogen and oxygen atoms in total. The van der Waals surface area contributed by atoms with E-state index in [2.05, 4.69) is 0 Å². The molecule has 0 bridgehead atoms. The van der Waals surface area contributed by atoms with Crippen molar-refractivity contribution in [1.82, 2.24) is 14.5 Å². The maximum atomic E-state index is 14.7. The van der Waals surface area contributed by atoms with Crippen LogP contribution in [-0.2, 0) is 0 Å². The Kier molecular flexibility index (Phi) is 5.21. The van der Waals surface area contributed by atoms with Gasteiger partial charge in [0, 0.05) is 12.4 Å². The third kappa shape index (κ3) is 3.32. The first kappa shape index (κ1) is 21.6. The summed E-state index contributed by atoms with van der Waals surface area (Å²) in [4.78, 5) is 19.8. The highest BCUT2D eigenvalue weighted by Gasteiger charge is 2.34. The zero-order valence-corrected chi connectivity index (χ0v) is 19.9. The first-order chi connectivity index (χ1) is 15.8. The van der Waals surface area contributed by atoms with E-state index in [4.69, 9.17) is 4.98 Å². The molecule has 1 aliphatic rings. The number of halogens is 1. The smallest absolute Gasteiger partial charge is 0.256 e. The molecule has 168 valence electrons. The molecule has 4 aromatic rings. The second-order valence-corrected chi connectivity index (χ2v) is 10.9. The number of carbonyl (C=O) groups is 1. The van der Waals surface area contributed by atoms with Crippen LogP contribution in [0.2, 0.25) is 0 Å². The van der Waals surface area contributed by atoms with E-state index in [0.29, 0.717) is 23.5 Å². The highest BCUT2D eigenvalue weighted by molar-refractivity contribution is 7.64. The Balaban J connectivity index is 1.79. The molecule has 0 saturated heterocycles. The molecule has 1 unspecified atom stereocenters. The Bertz CT molecular complexity index is 1410. The van der Waals surface area contributed by atoms with E-state index in [9.17, 15) is 14.3 Å². The summed E-state index contributed by atoms with van der Waals surface area (Å²) >= 11 is 0. The predicted molar refractivity (Wildman–Crippen MR) is 132 cm³/mol. The zero-order chi connectivity index (χ0) is 23.4. The van der Waals surface area contributed by atoms with E-state index in [1.165, 1.54) is 0 Å². The summed E-state index contributed by atoms with van der Waals surface area (Å²) in [5.74, 6) is 0.365. The minimum absolute atomic E-state index is 0.0200. The lowest BCUT2D eigenvalue weighted by atomic mass is 10.0. The number of rotatable bonds is 3. The van der Waals surface area contributed by atoms with E-state index in [1.807, 2.05) is 55.2 Å². The lowest BCUT2D eigenvalue weighted by Crippen LogP contribution is -2.30. The van der Waals surface area contributed by atoms with Gasteiger partial charge in [-0.1, -0.05) is 39.1 Å². The van der Waals surface area contributed by atoms with Crippen LogP contribution < -0.4 is 5.30 Å². The summed E-state index contributed by atoms with van der Waals surface area (Å²) in [6.07, 6.45) is 0.677. The molecule has 1 aromatic heterocycles. The maximum absolute atomic E-state index is 14.7. The van der Waals surface area contributed by atoms with Gasteiger partial charge in [-0.15, -0.1) is 0 Å². The molecule has 5 rings (SSSR count). The number of hydrogen-bond acceptors (Lipinski definition) is 3. The summed E-state index contributed by atoms with van der Waals surface area (Å²) in [6, 6.07) is 15.9. The number of benzene rings is 3. The highest BCUT2D eigenvalue weighted by Crippen LogP contribution is 2.40. The standard InChI is InChI=1S/C26H25FN3O2P/c1-5-20-25-28-19-11-9-16(15-10-12-23(33(3)4)18(27)13-15)14-21(19)30(25)24-17(26(32)29(20)2)7-6-8-22(24)31/h6-14,20,31H,5H2,1-4H3. The van der Waals surface area contributed by atoms with Gasteiger partial charge < -0.3 is 10.0 Å². The van der Waals surface area contributed by atoms with E-state index >= 15 is 0 Å². The molecule has 0 spiro atoms. The van der Waals surface area contributed by atoms with Crippen molar-refractivity contribution in [3.63, 3.8) is 0 Å². The van der Waals surface area contributed by atoms with Gasteiger partial charge in [0.25, 0.3) is 5.91 Å². The fourth-order valence-corrected chi connectivity index (χ4v) is 5.55. The van der Waals surface area contributed by atoms with Crippen molar-refractivity contribution in [1.29, 1.82) is 0 Å². The largest absolute Gasteiger partial charge is 0.506 e. The minimum atomic E-state index is -0.530. The molecule has 0 aliphatic carbocycles. The van der Waals surface area contributed by atoms with E-state index < -0.39 is 7.92 Å². The van der Waals surface area contributed by atoms with Gasteiger partial charge in [0.05, 0.1) is 22.6 Å². The first-order valence-corrected chi connectivity index (χ1v) is 13.1. The van der Waals surface area contributed by atoms with Crippen molar-refractivity contribution in [2.45, 2.75) is 19.4 Å². The van der Waals surface area contributed by atoms with Gasteiger partial charge in [-0.25, -0.2) is 9.37 Å². The van der Waals surface area contributed by atoms with Crippen molar-refractivity contribution in [3.8, 4) is 22.6 Å². The van der Waals surface area contributed by atoms with Gasteiger partial charge in [-0.3, -0.25) is 9.36 Å². The normalized spacial score (nSPS) is 15.6. The number of nitrogens with zero attached hydrogens (tertiary/aromatic N) is 3. The molecule has 0 fully saturated rings. The van der Waals surface area contributed by atoms with Gasteiger partial charge in [-0.05, 0) is 61.2 Å². The molecular weight excluding hydrogens is 436 g/mol. The molecule has 2 heterocycles. The molecular formula is C26H25FN3O2P. The summed E-state index contributed by atoms with van der Waals surface area (Å²) in [6.45, 7) is 6.08. The van der Waals surface area contributed by atoms with E-state index in [-0.39, 0.29) is 23.5 Å². The zero-order valence-electron chi connectivity index (χ0n) is 19.0. The fourth-order valence-electron chi connectivity index (χ4n) is 4.68. The van der Waals surface area contributed by atoms with Crippen LogP contribution in [0.4, 0.5) is 4.39 Å². The van der Waals surface area contributed by atoms with Crippen molar-refractivity contribution in [3.05, 3.63) is 71.8 Å². The summed E-state index contributed by atoms with van der Waals surface area (Å²) < 4.78 is 16.6. The number of phenolic OH excluding ortho intramolecular Hbond substituents is 1. The number of aromatic hydroxyl groups is 1. The third-order valence-corrected chi connectivity index (χ3v) is 7.71. The van der Waals surface area contributed by atoms with Crippen LogP contribution in [0, 0.1) is 5.82 Å². The van der Waals surface area contributed by atoms with Gasteiger partial charge >= 0.3 is 0 Å². The quantitative estimate of drug-likeness (QED) is 0.414. The number of hydrogen-bond donors (Lipinski definition) is 1. The number of imidazole rings is 1. The Morgan fingerprint density at radius 3 is 2.52 bits per heavy atom. The van der Waals surface area contributed by atoms with Crippen molar-refractivity contribution < 1.29 is 14.3 Å². The summed E-state index contributed by atoms with van der Waals surface area (Å²) in [5.41, 5.74) is 4.01. The van der Waals surface area contributed by atoms with Crippen molar-refractivity contribution >= 4 is 30.2 Å². The average Bonchev–Trinajstić information content (AvgIpc) is 3.12. The molecule has 33 heavy (non-hydrogen) atoms. The van der Waals surface area contributed by atoms with E-state index in [1.54, 1.807) is 36.2 Å². The highest BCUT2D eigenvalue weighted by atomic mass is 31.1. The van der Waals surface area contributed by atoms with Crippen LogP contribution >= 0.6 is 7.92 Å². The monoisotopic (exact) mass is 461 g/mol. The molecule has 7 heteroatoms. The van der Waals surface area contributed by atoms with E-state index in [0.717, 1.165) is 27.5 Å². The number of phenols is 1. The van der Waals surface area contributed by atoms with Gasteiger partial charge in [0.1, 0.15) is 23.1 Å². The van der Waals surface area contributed by atoms with Crippen LogP contribution in [-0.4, -0.2) is 45.8 Å². The minimum Gasteiger partial charge on any atom is -0.506 e. The van der Waals surface area contributed by atoms with Gasteiger partial charge in [0.15, 0.2) is 0 Å². The summed E-state index contributed by atoms with van der Waals surface area (Å²) in [5, 5.41) is 11.6. The van der Waals surface area contributed by atoms with Crippen LogP contribution in [0.15, 0.2) is 54.6 Å². The third-order valence-electron chi connectivity index (χ3n) is 6.38. The van der Waals surface area contributed by atoms with Crippen molar-refractivity contribution in [2.24, 2.45) is 0 Å². The fraction of sp³-hybridized carbons (Fsp3) is 0.231. The number of para-hydroxylation sites is 1. The maximum Gasteiger partial charge on any atom is 0.256 e. The molecule has 1 atom stereocenters. The Morgan fingerprint density at radius 2 is 1.82 bits per heavy atom. The number of aromatic nitrogens is 2. The summed E-state index contributed by atoms with van der Waals surface area (Å²) in [7, 11) is 1.24. The predicted octanol–water partition coefficient (Wildman–Crippen LogP) is 5.44. The molecule has 0 radical (unpaired) electrons. The molecule has 0 saturated carbocycles. The van der Waals surface area contributed by atoms with Crippen molar-refractivity contribution in [2.75, 3.05) is 20.4 Å². The van der Waals surface area contributed by atoms with Gasteiger partial charge in [-0.2, -0.15) is 0 Å². The van der Waals surface area contributed by atoms with Crippen LogP contribution in [0.1, 0.15) is 35.6 Å². The number of amides is 1. The average molecular weight is 461 g/mol. The Morgan fingerprint density at radius 1 is 1.09 bits per heavy atom. The lowest BCUT2D eigenvalue weighted by Gasteiger charge is -2.24. The number of carbonyl (C=O) groups excluding carboxylic acids is 1. The Labute approximate surface area is 193 Å². The number of fused-ring (bicyclic) bond motifs is 5. The van der Waals surface area contributed by atoms with Crippen LogP contribution in [0.25, 0.3) is 27.8 Å².